The number of methoxy groups -OCH3 is 1. The van der Waals surface area contributed by atoms with Gasteiger partial charge in [0.05, 0.1) is 18.8 Å². The highest BCUT2D eigenvalue weighted by atomic mass is 16.7. The molecule has 0 spiro atoms. The van der Waals surface area contributed by atoms with Crippen LogP contribution in [0.5, 0.6) is 0 Å². The lowest BCUT2D eigenvalue weighted by molar-refractivity contribution is -0.204. The SMILES string of the molecule is COC(C)(C)OCC(C)COC(=O)c1ccccc1. The van der Waals surface area contributed by atoms with E-state index in [2.05, 4.69) is 0 Å². The Labute approximate surface area is 114 Å². The molecule has 0 aliphatic carbocycles. The van der Waals surface area contributed by atoms with Gasteiger partial charge in [0.1, 0.15) is 0 Å². The molecule has 1 atom stereocenters. The minimum absolute atomic E-state index is 0.113. The molecule has 1 rings (SSSR count). The first-order valence-corrected chi connectivity index (χ1v) is 6.36. The van der Waals surface area contributed by atoms with Crippen molar-refractivity contribution in [3.05, 3.63) is 35.9 Å². The van der Waals surface area contributed by atoms with Gasteiger partial charge in [0.25, 0.3) is 0 Å². The van der Waals surface area contributed by atoms with Crippen LogP contribution in [0.4, 0.5) is 0 Å². The summed E-state index contributed by atoms with van der Waals surface area (Å²) in [6.45, 7) is 6.45. The predicted octanol–water partition coefficient (Wildman–Crippen LogP) is 2.88. The third kappa shape index (κ3) is 5.85. The van der Waals surface area contributed by atoms with E-state index in [0.717, 1.165) is 0 Å². The van der Waals surface area contributed by atoms with Gasteiger partial charge in [-0.05, 0) is 26.0 Å². The Bertz CT molecular complexity index is 386. The van der Waals surface area contributed by atoms with Gasteiger partial charge in [0, 0.05) is 13.0 Å². The molecule has 106 valence electrons. The van der Waals surface area contributed by atoms with Crippen LogP contribution in [0.25, 0.3) is 0 Å². The number of ether oxygens (including phenoxy) is 3. The van der Waals surface area contributed by atoms with E-state index in [-0.39, 0.29) is 11.9 Å². The normalized spacial score (nSPS) is 13.1. The average Bonchev–Trinajstić information content (AvgIpc) is 2.43. The summed E-state index contributed by atoms with van der Waals surface area (Å²) in [5, 5.41) is 0. The zero-order chi connectivity index (χ0) is 14.3. The maximum atomic E-state index is 11.7. The number of rotatable bonds is 7. The summed E-state index contributed by atoms with van der Waals surface area (Å²) in [5.74, 6) is -0.807. The first kappa shape index (κ1) is 15.7. The molecule has 0 radical (unpaired) electrons. The summed E-state index contributed by atoms with van der Waals surface area (Å²) < 4.78 is 15.9. The molecule has 1 unspecified atom stereocenters. The summed E-state index contributed by atoms with van der Waals surface area (Å²) in [6, 6.07) is 8.95. The fraction of sp³-hybridized carbons (Fsp3) is 0.533. The average molecular weight is 266 g/mol. The Morgan fingerprint density at radius 1 is 1.21 bits per heavy atom. The molecule has 0 fully saturated rings. The standard InChI is InChI=1S/C15H22O4/c1-12(11-19-15(2,3)17-4)10-18-14(16)13-8-6-5-7-9-13/h5-9,12H,10-11H2,1-4H3. The van der Waals surface area contributed by atoms with E-state index in [4.69, 9.17) is 14.2 Å². The molecule has 4 nitrogen and oxygen atoms in total. The van der Waals surface area contributed by atoms with E-state index in [1.807, 2.05) is 39.0 Å². The predicted molar refractivity (Wildman–Crippen MR) is 72.9 cm³/mol. The molecule has 0 aliphatic heterocycles. The smallest absolute Gasteiger partial charge is 0.338 e. The highest BCUT2D eigenvalue weighted by molar-refractivity contribution is 5.89. The molecule has 1 aromatic carbocycles. The van der Waals surface area contributed by atoms with E-state index in [1.54, 1.807) is 19.2 Å². The van der Waals surface area contributed by atoms with Crippen LogP contribution in [0.15, 0.2) is 30.3 Å². The van der Waals surface area contributed by atoms with Gasteiger partial charge in [-0.2, -0.15) is 0 Å². The Morgan fingerprint density at radius 3 is 2.42 bits per heavy atom. The second kappa shape index (κ2) is 7.26. The molecule has 0 aliphatic rings. The summed E-state index contributed by atoms with van der Waals surface area (Å²) in [4.78, 5) is 11.7. The molecule has 4 heteroatoms. The van der Waals surface area contributed by atoms with Gasteiger partial charge in [0.2, 0.25) is 0 Å². The second-order valence-corrected chi connectivity index (χ2v) is 4.98. The third-order valence-electron chi connectivity index (χ3n) is 2.72. The van der Waals surface area contributed by atoms with E-state index < -0.39 is 5.79 Å². The molecule has 0 amide bonds. The maximum absolute atomic E-state index is 11.7. The van der Waals surface area contributed by atoms with Crippen molar-refractivity contribution in [3.8, 4) is 0 Å². The fourth-order valence-electron chi connectivity index (χ4n) is 1.33. The molecule has 1 aromatic rings. The zero-order valence-electron chi connectivity index (χ0n) is 12.0. The van der Waals surface area contributed by atoms with Crippen molar-refractivity contribution in [1.29, 1.82) is 0 Å². The highest BCUT2D eigenvalue weighted by Crippen LogP contribution is 2.12. The van der Waals surface area contributed by atoms with Gasteiger partial charge in [-0.25, -0.2) is 4.79 Å². The number of esters is 1. The number of hydrogen-bond donors (Lipinski definition) is 0. The first-order valence-electron chi connectivity index (χ1n) is 6.36. The Morgan fingerprint density at radius 2 is 1.84 bits per heavy atom. The molecule has 19 heavy (non-hydrogen) atoms. The van der Waals surface area contributed by atoms with Crippen LogP contribution in [0, 0.1) is 5.92 Å². The van der Waals surface area contributed by atoms with Crippen molar-refractivity contribution in [1.82, 2.24) is 0 Å². The molecular formula is C15H22O4. The van der Waals surface area contributed by atoms with Crippen molar-refractivity contribution in [2.24, 2.45) is 5.92 Å². The number of hydrogen-bond acceptors (Lipinski definition) is 4. The molecule has 0 bridgehead atoms. The van der Waals surface area contributed by atoms with Crippen LogP contribution in [-0.4, -0.2) is 32.1 Å². The fourth-order valence-corrected chi connectivity index (χ4v) is 1.33. The summed E-state index contributed by atoms with van der Waals surface area (Å²) in [5.41, 5.74) is 0.563. The van der Waals surface area contributed by atoms with E-state index >= 15 is 0 Å². The lowest BCUT2D eigenvalue weighted by Gasteiger charge is -2.25. The number of carbonyl (C=O) groups is 1. The van der Waals surface area contributed by atoms with Crippen molar-refractivity contribution >= 4 is 5.97 Å². The molecule has 0 aromatic heterocycles. The largest absolute Gasteiger partial charge is 0.462 e. The van der Waals surface area contributed by atoms with Gasteiger partial charge >= 0.3 is 5.97 Å². The first-order chi connectivity index (χ1) is 8.94. The van der Waals surface area contributed by atoms with Gasteiger partial charge in [-0.15, -0.1) is 0 Å². The minimum Gasteiger partial charge on any atom is -0.462 e. The molecule has 0 saturated heterocycles. The number of carbonyl (C=O) groups excluding carboxylic acids is 1. The molecule has 0 heterocycles. The summed E-state index contributed by atoms with van der Waals surface area (Å²) in [6.07, 6.45) is 0. The van der Waals surface area contributed by atoms with E-state index in [0.29, 0.717) is 18.8 Å². The van der Waals surface area contributed by atoms with E-state index in [9.17, 15) is 4.79 Å². The maximum Gasteiger partial charge on any atom is 0.338 e. The number of benzene rings is 1. The molecule has 0 saturated carbocycles. The van der Waals surface area contributed by atoms with Crippen molar-refractivity contribution in [2.75, 3.05) is 20.3 Å². The molecular weight excluding hydrogens is 244 g/mol. The summed E-state index contributed by atoms with van der Waals surface area (Å²) >= 11 is 0. The Hall–Kier alpha value is -1.39. The van der Waals surface area contributed by atoms with Crippen molar-refractivity contribution in [3.63, 3.8) is 0 Å². The topological polar surface area (TPSA) is 44.8 Å². The van der Waals surface area contributed by atoms with Crippen LogP contribution in [-0.2, 0) is 14.2 Å². The van der Waals surface area contributed by atoms with Crippen molar-refractivity contribution < 1.29 is 19.0 Å². The minimum atomic E-state index is -0.613. The van der Waals surface area contributed by atoms with Crippen molar-refractivity contribution in [2.45, 2.75) is 26.6 Å². The Balaban J connectivity index is 2.31. The van der Waals surface area contributed by atoms with Gasteiger partial charge in [-0.3, -0.25) is 0 Å². The van der Waals surface area contributed by atoms with Gasteiger partial charge in [0.15, 0.2) is 5.79 Å². The lowest BCUT2D eigenvalue weighted by atomic mass is 10.2. The molecule has 0 N–H and O–H groups in total. The highest BCUT2D eigenvalue weighted by Gasteiger charge is 2.18. The monoisotopic (exact) mass is 266 g/mol. The van der Waals surface area contributed by atoms with Crippen LogP contribution in [0.3, 0.4) is 0 Å². The second-order valence-electron chi connectivity index (χ2n) is 4.98. The quantitative estimate of drug-likeness (QED) is 0.562. The Kier molecular flexibility index (Phi) is 5.99. The van der Waals surface area contributed by atoms with Crippen LogP contribution in [0.1, 0.15) is 31.1 Å². The third-order valence-corrected chi connectivity index (χ3v) is 2.72. The summed E-state index contributed by atoms with van der Waals surface area (Å²) in [7, 11) is 1.60. The van der Waals surface area contributed by atoms with Crippen LogP contribution < -0.4 is 0 Å². The van der Waals surface area contributed by atoms with Gasteiger partial charge < -0.3 is 14.2 Å². The lowest BCUT2D eigenvalue weighted by Crippen LogP contribution is -2.30. The van der Waals surface area contributed by atoms with E-state index in [1.165, 1.54) is 0 Å². The van der Waals surface area contributed by atoms with Gasteiger partial charge in [-0.1, -0.05) is 25.1 Å². The van der Waals surface area contributed by atoms with Crippen LogP contribution in [0.2, 0.25) is 0 Å². The zero-order valence-corrected chi connectivity index (χ0v) is 12.0. The van der Waals surface area contributed by atoms with Crippen LogP contribution >= 0.6 is 0 Å².